The van der Waals surface area contributed by atoms with Gasteiger partial charge in [0.15, 0.2) is 5.82 Å². The van der Waals surface area contributed by atoms with Gasteiger partial charge in [-0.25, -0.2) is 9.78 Å². The van der Waals surface area contributed by atoms with E-state index in [0.717, 1.165) is 11.5 Å². The Kier molecular flexibility index (Phi) is 3.79. The highest BCUT2D eigenvalue weighted by atomic mass is 16.5. The highest BCUT2D eigenvalue weighted by Crippen LogP contribution is 2.22. The van der Waals surface area contributed by atoms with Crippen molar-refractivity contribution in [3.05, 3.63) is 23.2 Å². The van der Waals surface area contributed by atoms with Gasteiger partial charge in [-0.15, -0.1) is 0 Å². The summed E-state index contributed by atoms with van der Waals surface area (Å²) in [7, 11) is 1.27. The molecule has 0 aliphatic carbocycles. The lowest BCUT2D eigenvalue weighted by Gasteiger charge is -2.07. The first-order valence-corrected chi connectivity index (χ1v) is 6.80. The van der Waals surface area contributed by atoms with Crippen molar-refractivity contribution in [2.75, 3.05) is 17.7 Å². The largest absolute Gasteiger partial charge is 0.453 e. The zero-order valence-corrected chi connectivity index (χ0v) is 12.8. The van der Waals surface area contributed by atoms with Crippen LogP contribution in [0.15, 0.2) is 10.6 Å². The lowest BCUT2D eigenvalue weighted by Crippen LogP contribution is -2.14. The lowest BCUT2D eigenvalue weighted by atomic mass is 10.3. The number of hydrogen-bond acceptors (Lipinski definition) is 8. The van der Waals surface area contributed by atoms with Crippen molar-refractivity contribution in [1.82, 2.24) is 25.3 Å². The van der Waals surface area contributed by atoms with Gasteiger partial charge in [0, 0.05) is 6.07 Å². The smallest absolute Gasteiger partial charge is 0.413 e. The Bertz CT molecular complexity index is 854. The maximum atomic E-state index is 11.4. The summed E-state index contributed by atoms with van der Waals surface area (Å²) in [6.07, 6.45) is -0.649. The van der Waals surface area contributed by atoms with E-state index >= 15 is 0 Å². The average Bonchev–Trinajstić information content (AvgIpc) is 3.11. The highest BCUT2D eigenvalue weighted by Gasteiger charge is 2.14. The first-order chi connectivity index (χ1) is 11.1. The van der Waals surface area contributed by atoms with Gasteiger partial charge in [-0.1, -0.05) is 5.16 Å². The second-order valence-corrected chi connectivity index (χ2v) is 4.83. The second-order valence-electron chi connectivity index (χ2n) is 4.83. The van der Waals surface area contributed by atoms with Gasteiger partial charge in [0.25, 0.3) is 0 Å². The molecule has 1 amide bonds. The van der Waals surface area contributed by atoms with Crippen LogP contribution in [0.2, 0.25) is 0 Å². The van der Waals surface area contributed by atoms with Crippen molar-refractivity contribution in [3.8, 4) is 0 Å². The summed E-state index contributed by atoms with van der Waals surface area (Å²) in [5, 5.41) is 16.5. The fourth-order valence-electron chi connectivity index (χ4n) is 2.02. The van der Waals surface area contributed by atoms with Crippen LogP contribution >= 0.6 is 0 Å². The van der Waals surface area contributed by atoms with Crippen LogP contribution in [0, 0.1) is 13.8 Å². The molecule has 0 saturated carbocycles. The molecular weight excluding hydrogens is 302 g/mol. The van der Waals surface area contributed by atoms with E-state index in [-0.39, 0.29) is 5.95 Å². The average molecular weight is 317 g/mol. The van der Waals surface area contributed by atoms with Gasteiger partial charge in [0.1, 0.15) is 22.5 Å². The molecule has 120 valence electrons. The predicted molar refractivity (Wildman–Crippen MR) is 81.0 cm³/mol. The number of aromatic amines is 1. The van der Waals surface area contributed by atoms with E-state index in [1.165, 1.54) is 7.11 Å². The third kappa shape index (κ3) is 3.05. The summed E-state index contributed by atoms with van der Waals surface area (Å²) in [4.78, 5) is 19.9. The number of nitrogens with zero attached hydrogens (tertiary/aromatic N) is 4. The molecule has 3 heterocycles. The third-order valence-electron chi connectivity index (χ3n) is 3.10. The quantitative estimate of drug-likeness (QED) is 0.663. The van der Waals surface area contributed by atoms with Crippen molar-refractivity contribution in [3.63, 3.8) is 0 Å². The normalized spacial score (nSPS) is 10.7. The maximum absolute atomic E-state index is 11.4. The van der Waals surface area contributed by atoms with Crippen molar-refractivity contribution in [2.45, 2.75) is 20.4 Å². The topological polar surface area (TPSA) is 131 Å². The molecule has 0 atom stereocenters. The first-order valence-electron chi connectivity index (χ1n) is 6.80. The number of anilines is 2. The molecule has 3 aromatic rings. The van der Waals surface area contributed by atoms with E-state index in [1.54, 1.807) is 6.92 Å². The van der Waals surface area contributed by atoms with E-state index in [0.29, 0.717) is 29.1 Å². The molecule has 0 fully saturated rings. The molecule has 0 aliphatic rings. The SMILES string of the molecule is COC(=O)Nc1nc(NCc2cc(C)on2)c2[nH]nc(C)c2n1. The van der Waals surface area contributed by atoms with Gasteiger partial charge in [0.05, 0.1) is 19.3 Å². The number of nitrogens with one attached hydrogen (secondary N) is 3. The van der Waals surface area contributed by atoms with E-state index in [2.05, 4.69) is 40.7 Å². The number of amides is 1. The van der Waals surface area contributed by atoms with Gasteiger partial charge in [-0.05, 0) is 13.8 Å². The Hall–Kier alpha value is -3.17. The number of H-pyrrole nitrogens is 1. The Morgan fingerprint density at radius 2 is 2.22 bits per heavy atom. The van der Waals surface area contributed by atoms with E-state index in [9.17, 15) is 4.79 Å². The summed E-state index contributed by atoms with van der Waals surface area (Å²) >= 11 is 0. The van der Waals surface area contributed by atoms with E-state index in [1.807, 2.05) is 13.0 Å². The van der Waals surface area contributed by atoms with E-state index in [4.69, 9.17) is 4.52 Å². The summed E-state index contributed by atoms with van der Waals surface area (Å²) in [5.74, 6) is 1.33. The monoisotopic (exact) mass is 317 g/mol. The van der Waals surface area contributed by atoms with Crippen molar-refractivity contribution >= 4 is 28.9 Å². The number of methoxy groups -OCH3 is 1. The minimum Gasteiger partial charge on any atom is -0.453 e. The van der Waals surface area contributed by atoms with Crippen LogP contribution in [0.5, 0.6) is 0 Å². The third-order valence-corrected chi connectivity index (χ3v) is 3.10. The molecule has 0 unspecified atom stereocenters. The first kappa shape index (κ1) is 14.8. The van der Waals surface area contributed by atoms with Gasteiger partial charge in [-0.3, -0.25) is 10.4 Å². The van der Waals surface area contributed by atoms with Crippen LogP contribution in [0.25, 0.3) is 11.0 Å². The maximum Gasteiger partial charge on any atom is 0.413 e. The van der Waals surface area contributed by atoms with Crippen LogP contribution in [-0.2, 0) is 11.3 Å². The number of aryl methyl sites for hydroxylation is 2. The molecule has 23 heavy (non-hydrogen) atoms. The number of rotatable bonds is 4. The molecule has 0 radical (unpaired) electrons. The minimum atomic E-state index is -0.649. The Morgan fingerprint density at radius 3 is 2.91 bits per heavy atom. The Morgan fingerprint density at radius 1 is 1.39 bits per heavy atom. The molecular formula is C13H15N7O3. The summed E-state index contributed by atoms with van der Waals surface area (Å²) in [6.45, 7) is 4.02. The molecule has 10 heteroatoms. The molecule has 0 spiro atoms. The minimum absolute atomic E-state index is 0.118. The number of aromatic nitrogens is 5. The molecule has 10 nitrogen and oxygen atoms in total. The fourth-order valence-corrected chi connectivity index (χ4v) is 2.02. The van der Waals surface area contributed by atoms with Gasteiger partial charge >= 0.3 is 6.09 Å². The lowest BCUT2D eigenvalue weighted by molar-refractivity contribution is 0.186. The Balaban J connectivity index is 1.91. The summed E-state index contributed by atoms with van der Waals surface area (Å²) in [5.41, 5.74) is 2.66. The van der Waals surface area contributed by atoms with Crippen LogP contribution in [0.1, 0.15) is 17.1 Å². The standard InChI is InChI=1S/C13H15N7O3/c1-6-4-8(20-23-6)5-14-11-10-9(7(2)18-19-10)15-12(16-11)17-13(21)22-3/h4H,5H2,1-3H3,(H,18,19)(H2,14,15,16,17,21). The predicted octanol–water partition coefficient (Wildman–Crippen LogP) is 1.75. The number of carbonyl (C=O) groups excluding carboxylic acids is 1. The van der Waals surface area contributed by atoms with Crippen LogP contribution in [0.3, 0.4) is 0 Å². The highest BCUT2D eigenvalue weighted by molar-refractivity contribution is 5.90. The number of ether oxygens (including phenoxy) is 1. The van der Waals surface area contributed by atoms with Crippen LogP contribution < -0.4 is 10.6 Å². The Labute approximate surface area is 130 Å². The van der Waals surface area contributed by atoms with Crippen LogP contribution in [-0.4, -0.2) is 38.5 Å². The summed E-state index contributed by atoms with van der Waals surface area (Å²) < 4.78 is 9.57. The number of fused-ring (bicyclic) bond motifs is 1. The molecule has 0 aliphatic heterocycles. The second kappa shape index (κ2) is 5.91. The van der Waals surface area contributed by atoms with Crippen molar-refractivity contribution in [2.24, 2.45) is 0 Å². The number of hydrogen-bond donors (Lipinski definition) is 3. The summed E-state index contributed by atoms with van der Waals surface area (Å²) in [6, 6.07) is 1.82. The van der Waals surface area contributed by atoms with Crippen LogP contribution in [0.4, 0.5) is 16.6 Å². The molecule has 3 rings (SSSR count). The number of carbonyl (C=O) groups is 1. The zero-order chi connectivity index (χ0) is 16.4. The molecule has 3 aromatic heterocycles. The zero-order valence-electron chi connectivity index (χ0n) is 12.8. The molecule has 0 aromatic carbocycles. The molecule has 0 saturated heterocycles. The van der Waals surface area contributed by atoms with Gasteiger partial charge in [-0.2, -0.15) is 10.1 Å². The van der Waals surface area contributed by atoms with Gasteiger partial charge < -0.3 is 14.6 Å². The van der Waals surface area contributed by atoms with Crippen molar-refractivity contribution in [1.29, 1.82) is 0 Å². The molecule has 0 bridgehead atoms. The fraction of sp³-hybridized carbons (Fsp3) is 0.308. The van der Waals surface area contributed by atoms with Crippen molar-refractivity contribution < 1.29 is 14.1 Å². The van der Waals surface area contributed by atoms with Gasteiger partial charge in [0.2, 0.25) is 5.95 Å². The van der Waals surface area contributed by atoms with E-state index < -0.39 is 6.09 Å². The molecule has 3 N–H and O–H groups in total.